The molecule has 0 radical (unpaired) electrons. The Morgan fingerprint density at radius 2 is 2.06 bits per heavy atom. The van der Waals surface area contributed by atoms with Crippen LogP contribution in [0.25, 0.3) is 0 Å². The zero-order chi connectivity index (χ0) is 13.1. The van der Waals surface area contributed by atoms with Gasteiger partial charge in [0, 0.05) is 12.0 Å². The molecule has 90 valence electrons. The molecule has 0 aromatic heterocycles. The average molecular weight is 238 g/mol. The summed E-state index contributed by atoms with van der Waals surface area (Å²) < 4.78 is 25.8. The van der Waals surface area contributed by atoms with Crippen LogP contribution in [0.5, 0.6) is 0 Å². The van der Waals surface area contributed by atoms with Gasteiger partial charge in [0.25, 0.3) is 0 Å². The van der Waals surface area contributed by atoms with Gasteiger partial charge in [0.2, 0.25) is 0 Å². The van der Waals surface area contributed by atoms with E-state index in [9.17, 15) is 13.6 Å². The van der Waals surface area contributed by atoms with Crippen LogP contribution in [0.3, 0.4) is 0 Å². The van der Waals surface area contributed by atoms with E-state index in [-0.39, 0.29) is 6.54 Å². The molecule has 0 unspecified atom stereocenters. The second kappa shape index (κ2) is 4.91. The molecule has 1 aromatic carbocycles. The van der Waals surface area contributed by atoms with Crippen molar-refractivity contribution in [3.05, 3.63) is 35.4 Å². The van der Waals surface area contributed by atoms with E-state index in [0.29, 0.717) is 5.56 Å². The summed E-state index contributed by atoms with van der Waals surface area (Å²) in [6, 6.07) is 5.01. The third kappa shape index (κ3) is 3.25. The highest BCUT2D eigenvalue weighted by Gasteiger charge is 2.22. The fraction of sp³-hybridized carbons (Fsp3) is 0.333. The molecule has 0 bridgehead atoms. The summed E-state index contributed by atoms with van der Waals surface area (Å²) in [5.74, 6) is -2.59. The van der Waals surface area contributed by atoms with Crippen molar-refractivity contribution in [2.24, 2.45) is 0 Å². The van der Waals surface area contributed by atoms with Crippen molar-refractivity contribution >= 4 is 5.91 Å². The first-order valence-electron chi connectivity index (χ1n) is 5.00. The number of rotatable bonds is 3. The van der Waals surface area contributed by atoms with E-state index < -0.39 is 23.0 Å². The van der Waals surface area contributed by atoms with Gasteiger partial charge in [-0.05, 0) is 17.7 Å². The largest absolute Gasteiger partial charge is 0.343 e. The standard InChI is InChI=1S/C12H12F2N2O/c1-12(2,7-16-11(17)6-15)8-3-4-9(13)10(14)5-8/h3-5H,7H2,1-2H3,(H,16,17). The van der Waals surface area contributed by atoms with E-state index >= 15 is 0 Å². The molecule has 17 heavy (non-hydrogen) atoms. The maximum absolute atomic E-state index is 13.1. The fourth-order valence-electron chi connectivity index (χ4n) is 1.36. The highest BCUT2D eigenvalue weighted by Crippen LogP contribution is 2.23. The molecular weight excluding hydrogens is 226 g/mol. The molecule has 0 aliphatic rings. The molecule has 0 aliphatic carbocycles. The number of carbonyl (C=O) groups excluding carboxylic acids is 1. The van der Waals surface area contributed by atoms with Crippen LogP contribution in [0.2, 0.25) is 0 Å². The van der Waals surface area contributed by atoms with Crippen molar-refractivity contribution in [3.8, 4) is 6.07 Å². The molecule has 1 rings (SSSR count). The summed E-state index contributed by atoms with van der Waals surface area (Å²) in [4.78, 5) is 10.8. The lowest BCUT2D eigenvalue weighted by Crippen LogP contribution is -2.36. The van der Waals surface area contributed by atoms with Crippen molar-refractivity contribution in [3.63, 3.8) is 0 Å². The molecule has 0 fully saturated rings. The van der Waals surface area contributed by atoms with Crippen LogP contribution in [0.4, 0.5) is 8.78 Å². The quantitative estimate of drug-likeness (QED) is 0.817. The first kappa shape index (κ1) is 13.1. The number of carbonyl (C=O) groups is 1. The van der Waals surface area contributed by atoms with Crippen LogP contribution < -0.4 is 5.32 Å². The second-order valence-electron chi connectivity index (χ2n) is 4.31. The molecule has 0 saturated heterocycles. The van der Waals surface area contributed by atoms with Crippen molar-refractivity contribution in [1.29, 1.82) is 5.26 Å². The summed E-state index contributed by atoms with van der Waals surface area (Å²) in [7, 11) is 0. The van der Waals surface area contributed by atoms with Crippen molar-refractivity contribution in [2.75, 3.05) is 6.54 Å². The maximum atomic E-state index is 13.1. The molecule has 0 aliphatic heterocycles. The molecule has 1 aromatic rings. The monoisotopic (exact) mass is 238 g/mol. The fourth-order valence-corrected chi connectivity index (χ4v) is 1.36. The van der Waals surface area contributed by atoms with Crippen LogP contribution in [0.15, 0.2) is 18.2 Å². The SMILES string of the molecule is CC(C)(CNC(=O)C#N)c1ccc(F)c(F)c1. The molecular formula is C12H12F2N2O. The van der Waals surface area contributed by atoms with Crippen LogP contribution in [0, 0.1) is 23.0 Å². The van der Waals surface area contributed by atoms with Crippen molar-refractivity contribution in [2.45, 2.75) is 19.3 Å². The number of amides is 1. The Morgan fingerprint density at radius 1 is 1.41 bits per heavy atom. The average Bonchev–Trinajstić information content (AvgIpc) is 2.29. The molecule has 5 heteroatoms. The Hall–Kier alpha value is -1.96. The lowest BCUT2D eigenvalue weighted by Gasteiger charge is -2.25. The van der Waals surface area contributed by atoms with Crippen LogP contribution in [-0.2, 0) is 10.2 Å². The van der Waals surface area contributed by atoms with Gasteiger partial charge in [-0.1, -0.05) is 19.9 Å². The Morgan fingerprint density at radius 3 is 2.59 bits per heavy atom. The van der Waals surface area contributed by atoms with Crippen molar-refractivity contribution in [1.82, 2.24) is 5.32 Å². The van der Waals surface area contributed by atoms with Gasteiger partial charge >= 0.3 is 5.91 Å². The van der Waals surface area contributed by atoms with Gasteiger partial charge in [0.05, 0.1) is 0 Å². The van der Waals surface area contributed by atoms with E-state index in [0.717, 1.165) is 12.1 Å². The van der Waals surface area contributed by atoms with Gasteiger partial charge in [-0.15, -0.1) is 0 Å². The van der Waals surface area contributed by atoms with Crippen LogP contribution in [-0.4, -0.2) is 12.5 Å². The zero-order valence-electron chi connectivity index (χ0n) is 9.55. The number of nitrogens with zero attached hydrogens (tertiary/aromatic N) is 1. The summed E-state index contributed by atoms with van der Waals surface area (Å²) >= 11 is 0. The minimum absolute atomic E-state index is 0.171. The zero-order valence-corrected chi connectivity index (χ0v) is 9.55. The van der Waals surface area contributed by atoms with E-state index in [1.807, 2.05) is 0 Å². The highest BCUT2D eigenvalue weighted by atomic mass is 19.2. The third-order valence-corrected chi connectivity index (χ3v) is 2.49. The molecule has 0 spiro atoms. The Labute approximate surface area is 98.1 Å². The smallest absolute Gasteiger partial charge is 0.322 e. The predicted octanol–water partition coefficient (Wildman–Crippen LogP) is 1.88. The van der Waals surface area contributed by atoms with Crippen LogP contribution in [0.1, 0.15) is 19.4 Å². The van der Waals surface area contributed by atoms with E-state index in [2.05, 4.69) is 5.32 Å². The predicted molar refractivity (Wildman–Crippen MR) is 58.0 cm³/mol. The number of nitriles is 1. The minimum Gasteiger partial charge on any atom is -0.343 e. The third-order valence-electron chi connectivity index (χ3n) is 2.49. The topological polar surface area (TPSA) is 52.9 Å². The van der Waals surface area contributed by atoms with E-state index in [1.54, 1.807) is 13.8 Å². The summed E-state index contributed by atoms with van der Waals surface area (Å²) in [6.07, 6.45) is 0. The molecule has 0 saturated carbocycles. The van der Waals surface area contributed by atoms with Gasteiger partial charge < -0.3 is 5.32 Å². The first-order chi connectivity index (χ1) is 7.86. The Balaban J connectivity index is 2.86. The Bertz CT molecular complexity index is 478. The molecule has 0 heterocycles. The van der Waals surface area contributed by atoms with Gasteiger partial charge in [-0.2, -0.15) is 5.26 Å². The summed E-state index contributed by atoms with van der Waals surface area (Å²) in [6.45, 7) is 3.69. The van der Waals surface area contributed by atoms with Gasteiger partial charge in [0.15, 0.2) is 17.7 Å². The van der Waals surface area contributed by atoms with Gasteiger partial charge in [0.1, 0.15) is 0 Å². The lowest BCUT2D eigenvalue weighted by molar-refractivity contribution is -0.116. The highest BCUT2D eigenvalue weighted by molar-refractivity contribution is 5.91. The van der Waals surface area contributed by atoms with Crippen LogP contribution >= 0.6 is 0 Å². The van der Waals surface area contributed by atoms with Gasteiger partial charge in [-0.25, -0.2) is 8.78 Å². The summed E-state index contributed by atoms with van der Waals surface area (Å²) in [5, 5.41) is 10.7. The molecule has 3 nitrogen and oxygen atoms in total. The van der Waals surface area contributed by atoms with E-state index in [1.165, 1.54) is 12.1 Å². The second-order valence-corrected chi connectivity index (χ2v) is 4.31. The summed E-state index contributed by atoms with van der Waals surface area (Å²) in [5.41, 5.74) is -0.0317. The Kier molecular flexibility index (Phi) is 3.79. The number of halogens is 2. The molecule has 1 amide bonds. The number of benzene rings is 1. The number of hydrogen-bond acceptors (Lipinski definition) is 2. The minimum atomic E-state index is -0.929. The van der Waals surface area contributed by atoms with Crippen molar-refractivity contribution < 1.29 is 13.6 Å². The lowest BCUT2D eigenvalue weighted by atomic mass is 9.84. The molecule has 0 atom stereocenters. The normalized spacial score (nSPS) is 10.8. The number of hydrogen-bond donors (Lipinski definition) is 1. The van der Waals surface area contributed by atoms with E-state index in [4.69, 9.17) is 5.26 Å². The first-order valence-corrected chi connectivity index (χ1v) is 5.00. The molecule has 1 N–H and O–H groups in total. The number of nitrogens with one attached hydrogen (secondary N) is 1. The van der Waals surface area contributed by atoms with Gasteiger partial charge in [-0.3, -0.25) is 4.79 Å². The maximum Gasteiger partial charge on any atom is 0.322 e.